The van der Waals surface area contributed by atoms with E-state index in [2.05, 4.69) is 0 Å². The Balaban J connectivity index is 1.84. The number of hydrogen-bond acceptors (Lipinski definition) is 5. The van der Waals surface area contributed by atoms with Gasteiger partial charge >= 0.3 is 0 Å². The summed E-state index contributed by atoms with van der Waals surface area (Å²) in [5.41, 5.74) is 2.01. The lowest BCUT2D eigenvalue weighted by Gasteiger charge is -2.27. The topological polar surface area (TPSA) is 56.6 Å². The Kier molecular flexibility index (Phi) is 7.69. The number of halogens is 2. The number of ether oxygens (including phenoxy) is 2. The number of methoxy groups -OCH3 is 1. The van der Waals surface area contributed by atoms with Crippen molar-refractivity contribution >= 4 is 17.2 Å². The standard InChI is InChI=1S/C27H27F2N3O3S/c1-5-23-21(16-31(17(2)3)26(33)25-7-6-14-36-25)27(35-24-13-8-18(28)15-22(24)29)32(30-23)19-9-11-20(34-4)12-10-19/h6-15,17H,5,16H2,1-4H3. The first-order valence-electron chi connectivity index (χ1n) is 11.5. The zero-order chi connectivity index (χ0) is 25.8. The molecule has 4 aromatic rings. The SMILES string of the molecule is CCc1nn(-c2ccc(OC)cc2)c(Oc2ccc(F)cc2F)c1CN(C(=O)c1cccs1)C(C)C. The third-order valence-corrected chi connectivity index (χ3v) is 6.57. The molecule has 2 aromatic carbocycles. The lowest BCUT2D eigenvalue weighted by molar-refractivity contribution is 0.0694. The highest BCUT2D eigenvalue weighted by molar-refractivity contribution is 7.12. The van der Waals surface area contributed by atoms with E-state index < -0.39 is 11.6 Å². The lowest BCUT2D eigenvalue weighted by atomic mass is 10.1. The quantitative estimate of drug-likeness (QED) is 0.253. The summed E-state index contributed by atoms with van der Waals surface area (Å²) in [6.45, 7) is 6.02. The minimum Gasteiger partial charge on any atom is -0.497 e. The summed E-state index contributed by atoms with van der Waals surface area (Å²) in [5.74, 6) is -0.871. The van der Waals surface area contributed by atoms with E-state index in [1.54, 1.807) is 47.0 Å². The fourth-order valence-corrected chi connectivity index (χ4v) is 4.47. The molecule has 0 radical (unpaired) electrons. The van der Waals surface area contributed by atoms with Crippen molar-refractivity contribution in [1.82, 2.24) is 14.7 Å². The maximum Gasteiger partial charge on any atom is 0.264 e. The van der Waals surface area contributed by atoms with Crippen LogP contribution >= 0.6 is 11.3 Å². The Morgan fingerprint density at radius 3 is 2.47 bits per heavy atom. The summed E-state index contributed by atoms with van der Waals surface area (Å²) in [7, 11) is 1.58. The summed E-state index contributed by atoms with van der Waals surface area (Å²) in [4.78, 5) is 15.7. The van der Waals surface area contributed by atoms with Gasteiger partial charge in [-0.1, -0.05) is 13.0 Å². The van der Waals surface area contributed by atoms with Crippen LogP contribution < -0.4 is 9.47 Å². The Hall–Kier alpha value is -3.72. The van der Waals surface area contributed by atoms with Crippen molar-refractivity contribution in [3.8, 4) is 23.1 Å². The smallest absolute Gasteiger partial charge is 0.264 e. The highest BCUT2D eigenvalue weighted by Crippen LogP contribution is 2.34. The van der Waals surface area contributed by atoms with Crippen molar-refractivity contribution in [3.63, 3.8) is 0 Å². The molecule has 0 fully saturated rings. The minimum absolute atomic E-state index is 0.113. The van der Waals surface area contributed by atoms with Crippen LogP contribution in [0.3, 0.4) is 0 Å². The van der Waals surface area contributed by atoms with Gasteiger partial charge in [-0.25, -0.2) is 13.5 Å². The van der Waals surface area contributed by atoms with E-state index in [0.717, 1.165) is 12.1 Å². The van der Waals surface area contributed by atoms with Gasteiger partial charge in [0, 0.05) is 12.1 Å². The number of benzene rings is 2. The molecule has 0 saturated carbocycles. The number of aromatic nitrogens is 2. The summed E-state index contributed by atoms with van der Waals surface area (Å²) >= 11 is 1.37. The zero-order valence-electron chi connectivity index (χ0n) is 20.5. The van der Waals surface area contributed by atoms with Crippen LogP contribution in [0.15, 0.2) is 60.0 Å². The van der Waals surface area contributed by atoms with Gasteiger partial charge in [-0.3, -0.25) is 4.79 Å². The normalized spacial score (nSPS) is 11.1. The molecule has 9 heteroatoms. The van der Waals surface area contributed by atoms with Gasteiger partial charge in [0.15, 0.2) is 11.6 Å². The van der Waals surface area contributed by atoms with Crippen LogP contribution in [0.1, 0.15) is 41.7 Å². The van der Waals surface area contributed by atoms with Crippen LogP contribution in [0.2, 0.25) is 0 Å². The molecular weight excluding hydrogens is 484 g/mol. The van der Waals surface area contributed by atoms with Crippen LogP contribution in [-0.2, 0) is 13.0 Å². The lowest BCUT2D eigenvalue weighted by Crippen LogP contribution is -2.36. The number of carbonyl (C=O) groups excluding carboxylic acids is 1. The van der Waals surface area contributed by atoms with Gasteiger partial charge in [-0.15, -0.1) is 11.3 Å². The number of nitrogens with zero attached hydrogens (tertiary/aromatic N) is 3. The fraction of sp³-hybridized carbons (Fsp3) is 0.259. The van der Waals surface area contributed by atoms with Crippen molar-refractivity contribution < 1.29 is 23.0 Å². The monoisotopic (exact) mass is 511 g/mol. The molecule has 0 aliphatic carbocycles. The van der Waals surface area contributed by atoms with E-state index >= 15 is 0 Å². The van der Waals surface area contributed by atoms with E-state index in [4.69, 9.17) is 14.6 Å². The predicted octanol–water partition coefficient (Wildman–Crippen LogP) is 6.63. The number of amides is 1. The molecule has 1 amide bonds. The van der Waals surface area contributed by atoms with Gasteiger partial charge in [0.2, 0.25) is 5.88 Å². The van der Waals surface area contributed by atoms with Crippen molar-refractivity contribution in [1.29, 1.82) is 0 Å². The van der Waals surface area contributed by atoms with Crippen molar-refractivity contribution in [2.45, 2.75) is 39.8 Å². The van der Waals surface area contributed by atoms with Gasteiger partial charge in [-0.05, 0) is 68.1 Å². The Bertz CT molecular complexity index is 1340. The van der Waals surface area contributed by atoms with E-state index in [1.807, 2.05) is 32.2 Å². The third-order valence-electron chi connectivity index (χ3n) is 5.72. The van der Waals surface area contributed by atoms with Gasteiger partial charge in [0.1, 0.15) is 11.6 Å². The molecular formula is C27H27F2N3O3S. The first kappa shape index (κ1) is 25.4. The Labute approximate surface area is 212 Å². The molecule has 4 rings (SSSR count). The van der Waals surface area contributed by atoms with E-state index in [9.17, 15) is 13.6 Å². The molecule has 0 unspecified atom stereocenters. The van der Waals surface area contributed by atoms with Crippen molar-refractivity contribution in [2.24, 2.45) is 0 Å². The second-order valence-corrected chi connectivity index (χ2v) is 9.32. The molecule has 188 valence electrons. The predicted molar refractivity (Wildman–Crippen MR) is 135 cm³/mol. The summed E-state index contributed by atoms with van der Waals surface area (Å²) in [6.07, 6.45) is 0.555. The first-order valence-corrected chi connectivity index (χ1v) is 12.4. The molecule has 36 heavy (non-hydrogen) atoms. The third kappa shape index (κ3) is 5.26. The number of aryl methyl sites for hydroxylation is 1. The van der Waals surface area contributed by atoms with Crippen molar-refractivity contribution in [3.05, 3.63) is 87.7 Å². The largest absolute Gasteiger partial charge is 0.497 e. The van der Waals surface area contributed by atoms with Crippen LogP contribution in [0, 0.1) is 11.6 Å². The molecule has 6 nitrogen and oxygen atoms in total. The van der Waals surface area contributed by atoms with Crippen LogP contribution in [0.5, 0.6) is 17.4 Å². The Morgan fingerprint density at radius 2 is 1.89 bits per heavy atom. The minimum atomic E-state index is -0.836. The second-order valence-electron chi connectivity index (χ2n) is 8.37. The maximum atomic E-state index is 14.6. The van der Waals surface area contributed by atoms with E-state index in [-0.39, 0.29) is 30.1 Å². The second kappa shape index (κ2) is 10.9. The zero-order valence-corrected chi connectivity index (χ0v) is 21.3. The Morgan fingerprint density at radius 1 is 1.14 bits per heavy atom. The highest BCUT2D eigenvalue weighted by atomic mass is 32.1. The molecule has 0 bridgehead atoms. The number of hydrogen-bond donors (Lipinski definition) is 0. The molecule has 0 aliphatic heterocycles. The average Bonchev–Trinajstić information content (AvgIpc) is 3.52. The maximum absolute atomic E-state index is 14.6. The average molecular weight is 512 g/mol. The molecule has 0 N–H and O–H groups in total. The fourth-order valence-electron chi connectivity index (χ4n) is 3.79. The van der Waals surface area contributed by atoms with Crippen LogP contribution in [0.25, 0.3) is 5.69 Å². The van der Waals surface area contributed by atoms with E-state index in [1.165, 1.54) is 17.4 Å². The van der Waals surface area contributed by atoms with E-state index in [0.29, 0.717) is 34.0 Å². The number of carbonyl (C=O) groups is 1. The van der Waals surface area contributed by atoms with Gasteiger partial charge in [-0.2, -0.15) is 5.10 Å². The molecule has 2 heterocycles. The molecule has 0 spiro atoms. The number of thiophene rings is 1. The van der Waals surface area contributed by atoms with Crippen LogP contribution in [0.4, 0.5) is 8.78 Å². The van der Waals surface area contributed by atoms with Gasteiger partial charge in [0.25, 0.3) is 5.91 Å². The summed E-state index contributed by atoms with van der Waals surface area (Å²) in [5, 5.41) is 6.61. The molecule has 0 atom stereocenters. The highest BCUT2D eigenvalue weighted by Gasteiger charge is 2.27. The van der Waals surface area contributed by atoms with Crippen LogP contribution in [-0.4, -0.2) is 33.7 Å². The van der Waals surface area contributed by atoms with Gasteiger partial charge < -0.3 is 14.4 Å². The summed E-state index contributed by atoms with van der Waals surface area (Å²) < 4.78 is 41.1. The number of rotatable bonds is 9. The summed E-state index contributed by atoms with van der Waals surface area (Å²) in [6, 6.07) is 13.8. The molecule has 2 aromatic heterocycles. The molecule has 0 saturated heterocycles. The van der Waals surface area contributed by atoms with Gasteiger partial charge in [0.05, 0.1) is 35.5 Å². The molecule has 0 aliphatic rings. The van der Waals surface area contributed by atoms with Crippen molar-refractivity contribution in [2.75, 3.05) is 7.11 Å². The first-order chi connectivity index (χ1) is 17.3.